The summed E-state index contributed by atoms with van der Waals surface area (Å²) in [5, 5.41) is 46.3. The number of aliphatic hydroxyl groups is 1. The lowest BCUT2D eigenvalue weighted by Crippen LogP contribution is -2.42. The minimum atomic E-state index is -2.74. The molecular formula is C43H45Cl2N3O9S. The molecule has 1 aliphatic heterocycles. The lowest BCUT2D eigenvalue weighted by molar-refractivity contribution is -0.170. The summed E-state index contributed by atoms with van der Waals surface area (Å²) in [6.07, 6.45) is 3.90. The van der Waals surface area contributed by atoms with Crippen molar-refractivity contribution in [2.75, 3.05) is 39.5 Å². The molecule has 0 aromatic heterocycles. The third-order valence-corrected chi connectivity index (χ3v) is 11.9. The number of nitrogens with zero attached hydrogens (tertiary/aromatic N) is 3. The average molecular weight is 851 g/mol. The Kier molecular flexibility index (Phi) is 16.3. The van der Waals surface area contributed by atoms with Crippen molar-refractivity contribution in [2.24, 2.45) is 0 Å². The number of nitriles is 1. The highest BCUT2D eigenvalue weighted by atomic mass is 35.5. The summed E-state index contributed by atoms with van der Waals surface area (Å²) in [4.78, 5) is 49.8. The molecule has 1 unspecified atom stereocenters. The number of halogens is 2. The van der Waals surface area contributed by atoms with E-state index in [1.165, 1.54) is 5.56 Å². The molecule has 1 heterocycles. The number of carbonyl (C=O) groups is 4. The Bertz CT molecular complexity index is 2190. The Morgan fingerprint density at radius 2 is 1.62 bits per heavy atom. The number of hydrogen-bond donors (Lipinski definition) is 4. The molecule has 0 aliphatic carbocycles. The van der Waals surface area contributed by atoms with E-state index in [1.54, 1.807) is 17.2 Å². The fourth-order valence-electron chi connectivity index (χ4n) is 7.23. The molecule has 0 spiro atoms. The molecule has 12 nitrogen and oxygen atoms in total. The number of likely N-dealkylation sites (tertiary alicyclic amines) is 1. The first-order valence-corrected chi connectivity index (χ1v) is 20.6. The van der Waals surface area contributed by atoms with Crippen LogP contribution in [0.15, 0.2) is 84.3 Å². The highest BCUT2D eigenvalue weighted by molar-refractivity contribution is 7.90. The monoisotopic (exact) mass is 849 g/mol. The van der Waals surface area contributed by atoms with Crippen LogP contribution in [0.3, 0.4) is 0 Å². The van der Waals surface area contributed by atoms with Crippen LogP contribution < -0.4 is 0 Å². The van der Waals surface area contributed by atoms with Gasteiger partial charge in [0.25, 0.3) is 5.91 Å². The fraction of sp³-hybridized carbons (Fsp3) is 0.326. The molecule has 306 valence electrons. The third-order valence-electron chi connectivity index (χ3n) is 10.2. The van der Waals surface area contributed by atoms with Crippen molar-refractivity contribution in [1.29, 1.82) is 5.26 Å². The van der Waals surface area contributed by atoms with Crippen molar-refractivity contribution in [3.8, 4) is 6.07 Å². The summed E-state index contributed by atoms with van der Waals surface area (Å²) in [5.41, 5.74) is 0.965. The first-order chi connectivity index (χ1) is 27.5. The zero-order valence-corrected chi connectivity index (χ0v) is 34.4. The van der Waals surface area contributed by atoms with Crippen LogP contribution in [-0.4, -0.2) is 104 Å². The van der Waals surface area contributed by atoms with E-state index in [0.717, 1.165) is 60.1 Å². The van der Waals surface area contributed by atoms with Gasteiger partial charge in [-0.1, -0.05) is 84.4 Å². The van der Waals surface area contributed by atoms with Crippen LogP contribution in [0.1, 0.15) is 76.6 Å². The van der Waals surface area contributed by atoms with E-state index in [2.05, 4.69) is 23.6 Å². The molecule has 0 radical (unpaired) electrons. The molecule has 4 aromatic rings. The molecule has 1 aliphatic rings. The molecular weight excluding hydrogens is 805 g/mol. The SMILES string of the molecule is C=Cc1c(C#N)cc2ccccc2c1C(=O)N(C)C[C@@H](CCN1CCC(c2ccccc2[S+](C)[O-])CC1)c1ccc(Cl)c(Cl)c1.O=C(O)CC(O)(CC(=O)O)C(=O)O. The number of fused-ring (bicyclic) bond motifs is 1. The highest BCUT2D eigenvalue weighted by Gasteiger charge is 2.41. The maximum atomic E-state index is 14.1. The number of carbonyl (C=O) groups excluding carboxylic acids is 1. The number of carboxylic acids is 3. The molecule has 0 bridgehead atoms. The van der Waals surface area contributed by atoms with Crippen molar-refractivity contribution in [3.63, 3.8) is 0 Å². The van der Waals surface area contributed by atoms with Gasteiger partial charge >= 0.3 is 17.9 Å². The first kappa shape index (κ1) is 45.8. The number of hydrogen-bond acceptors (Lipinski definition) is 8. The van der Waals surface area contributed by atoms with Gasteiger partial charge in [-0.3, -0.25) is 14.4 Å². The molecule has 4 aromatic carbocycles. The molecule has 4 N–H and O–H groups in total. The van der Waals surface area contributed by atoms with E-state index >= 15 is 0 Å². The van der Waals surface area contributed by atoms with Gasteiger partial charge in [-0.2, -0.15) is 5.26 Å². The van der Waals surface area contributed by atoms with Crippen LogP contribution in [-0.2, 0) is 25.6 Å². The number of rotatable bonds is 15. The summed E-state index contributed by atoms with van der Waals surface area (Å²) >= 11 is 11.7. The Balaban J connectivity index is 0.000000492. The van der Waals surface area contributed by atoms with Crippen molar-refractivity contribution >= 4 is 75.0 Å². The number of benzene rings is 4. The summed E-state index contributed by atoms with van der Waals surface area (Å²) < 4.78 is 12.3. The Morgan fingerprint density at radius 1 is 1.00 bits per heavy atom. The van der Waals surface area contributed by atoms with Gasteiger partial charge in [-0.15, -0.1) is 0 Å². The van der Waals surface area contributed by atoms with Crippen LogP contribution in [0.4, 0.5) is 0 Å². The quantitative estimate of drug-likeness (QED) is 0.0876. The van der Waals surface area contributed by atoms with Crippen LogP contribution in [0.25, 0.3) is 16.8 Å². The van der Waals surface area contributed by atoms with E-state index in [9.17, 15) is 29.0 Å². The highest BCUT2D eigenvalue weighted by Crippen LogP contribution is 2.35. The van der Waals surface area contributed by atoms with E-state index in [-0.39, 0.29) is 11.8 Å². The number of piperidine rings is 1. The van der Waals surface area contributed by atoms with Crippen molar-refractivity contribution < 1.29 is 44.2 Å². The Labute approximate surface area is 350 Å². The zero-order valence-electron chi connectivity index (χ0n) is 32.1. The zero-order chi connectivity index (χ0) is 42.7. The molecule has 1 saturated heterocycles. The van der Waals surface area contributed by atoms with Crippen molar-refractivity contribution in [2.45, 2.75) is 54.4 Å². The van der Waals surface area contributed by atoms with Crippen LogP contribution in [0.5, 0.6) is 0 Å². The van der Waals surface area contributed by atoms with Crippen molar-refractivity contribution in [1.82, 2.24) is 9.80 Å². The maximum Gasteiger partial charge on any atom is 0.336 e. The van der Waals surface area contributed by atoms with Crippen LogP contribution in [0.2, 0.25) is 10.0 Å². The van der Waals surface area contributed by atoms with E-state index < -0.39 is 47.5 Å². The molecule has 1 amide bonds. The average Bonchev–Trinajstić information content (AvgIpc) is 3.19. The van der Waals surface area contributed by atoms with Gasteiger partial charge in [0.2, 0.25) is 0 Å². The third kappa shape index (κ3) is 11.6. The normalized spacial score (nSPS) is 14.4. The number of likely N-dealkylation sites (N-methyl/N-ethyl adjacent to an activating group) is 1. The molecule has 15 heteroatoms. The maximum absolute atomic E-state index is 14.1. The largest absolute Gasteiger partial charge is 0.612 e. The first-order valence-electron chi connectivity index (χ1n) is 18.3. The molecule has 1 fully saturated rings. The van der Waals surface area contributed by atoms with Gasteiger partial charge in [-0.25, -0.2) is 4.79 Å². The standard InChI is InChI=1S/C37H37Cl2N3O2S.C6H8O7/c1-4-30-29(23-40)21-27-9-5-6-11-32(27)36(30)37(43)41(2)24-28(26-13-14-33(38)34(39)22-26)17-20-42-18-15-25(16-19-42)31-10-7-8-12-35(31)45(3)44;7-3(8)1-6(13,5(11)12)2-4(9)10/h4-14,21-22,25,28H,1,15-20,24H2,2-3H3;13H,1-2H2,(H,7,8)(H,9,10)(H,11,12)/t28-,45?;/m1./s1. The second-order valence-corrected chi connectivity index (χ2v) is 16.3. The Hall–Kier alpha value is -4.94. The topological polar surface area (TPSA) is 203 Å². The summed E-state index contributed by atoms with van der Waals surface area (Å²) in [6.45, 7) is 7.16. The fourth-order valence-corrected chi connectivity index (χ4v) is 8.38. The molecule has 58 heavy (non-hydrogen) atoms. The summed E-state index contributed by atoms with van der Waals surface area (Å²) in [6, 6.07) is 25.5. The number of carboxylic acid groups (broad SMARTS) is 3. The second-order valence-electron chi connectivity index (χ2n) is 14.2. The van der Waals surface area contributed by atoms with Crippen LogP contribution in [0, 0.1) is 11.3 Å². The van der Waals surface area contributed by atoms with Gasteiger partial charge in [0, 0.05) is 30.6 Å². The lowest BCUT2D eigenvalue weighted by atomic mass is 9.88. The van der Waals surface area contributed by atoms with Crippen molar-refractivity contribution in [3.05, 3.63) is 117 Å². The number of aliphatic carboxylic acids is 3. The van der Waals surface area contributed by atoms with Crippen LogP contribution >= 0.6 is 23.2 Å². The van der Waals surface area contributed by atoms with E-state index in [1.807, 2.05) is 73.8 Å². The van der Waals surface area contributed by atoms with Gasteiger partial charge < -0.3 is 34.8 Å². The molecule has 2 atom stereocenters. The predicted molar refractivity (Wildman–Crippen MR) is 224 cm³/mol. The predicted octanol–water partition coefficient (Wildman–Crippen LogP) is 7.28. The second kappa shape index (κ2) is 20.7. The van der Waals surface area contributed by atoms with E-state index in [4.69, 9.17) is 43.6 Å². The van der Waals surface area contributed by atoms with Gasteiger partial charge in [0.1, 0.15) is 6.26 Å². The molecule has 0 saturated carbocycles. The summed E-state index contributed by atoms with van der Waals surface area (Å²) in [5.74, 6) is -4.77. The summed E-state index contributed by atoms with van der Waals surface area (Å²) in [7, 11) is 1.81. The van der Waals surface area contributed by atoms with Gasteiger partial charge in [0.05, 0.1) is 40.1 Å². The Morgan fingerprint density at radius 3 is 2.19 bits per heavy atom. The van der Waals surface area contributed by atoms with Gasteiger partial charge in [-0.05, 0) is 96.6 Å². The molecule has 5 rings (SSSR count). The van der Waals surface area contributed by atoms with E-state index in [0.29, 0.717) is 39.2 Å². The van der Waals surface area contributed by atoms with Gasteiger partial charge in [0.15, 0.2) is 10.5 Å². The lowest BCUT2D eigenvalue weighted by Gasteiger charge is -2.34. The smallest absolute Gasteiger partial charge is 0.336 e. The minimum Gasteiger partial charge on any atom is -0.612 e. The minimum absolute atomic E-state index is 0.00673. The number of amides is 1.